The largest absolute Gasteiger partial charge is 0.391 e. The third-order valence-electron chi connectivity index (χ3n) is 2.03. The zero-order valence-corrected chi connectivity index (χ0v) is 8.98. The molecule has 16 heavy (non-hydrogen) atoms. The molecule has 82 valence electrons. The lowest BCUT2D eigenvalue weighted by Gasteiger charge is -1.95. The SMILES string of the molecule is O=[N+]([O-])c1ccc(-c2ncc(CO)s2)cc1. The number of aromatic nitrogens is 1. The molecule has 0 unspecified atom stereocenters. The van der Waals surface area contributed by atoms with Crippen molar-refractivity contribution in [2.24, 2.45) is 0 Å². The maximum Gasteiger partial charge on any atom is 0.269 e. The second-order valence-corrected chi connectivity index (χ2v) is 4.21. The second kappa shape index (κ2) is 4.38. The van der Waals surface area contributed by atoms with Crippen LogP contribution in [0.25, 0.3) is 10.6 Å². The summed E-state index contributed by atoms with van der Waals surface area (Å²) in [5.74, 6) is 0. The highest BCUT2D eigenvalue weighted by atomic mass is 32.1. The molecule has 5 nitrogen and oxygen atoms in total. The number of aliphatic hydroxyl groups is 1. The smallest absolute Gasteiger partial charge is 0.269 e. The van der Waals surface area contributed by atoms with Crippen LogP contribution >= 0.6 is 11.3 Å². The summed E-state index contributed by atoms with van der Waals surface area (Å²) < 4.78 is 0. The van der Waals surface area contributed by atoms with E-state index in [0.29, 0.717) is 0 Å². The Morgan fingerprint density at radius 3 is 2.56 bits per heavy atom. The van der Waals surface area contributed by atoms with Gasteiger partial charge >= 0.3 is 0 Å². The minimum Gasteiger partial charge on any atom is -0.391 e. The van der Waals surface area contributed by atoms with E-state index in [0.717, 1.165) is 15.4 Å². The maximum atomic E-state index is 10.5. The van der Waals surface area contributed by atoms with Crippen LogP contribution in [-0.4, -0.2) is 15.0 Å². The molecule has 1 aromatic heterocycles. The van der Waals surface area contributed by atoms with Gasteiger partial charge in [-0.1, -0.05) is 0 Å². The van der Waals surface area contributed by atoms with Gasteiger partial charge < -0.3 is 5.11 Å². The fraction of sp³-hybridized carbons (Fsp3) is 0.100. The highest BCUT2D eigenvalue weighted by molar-refractivity contribution is 7.15. The third kappa shape index (κ3) is 2.07. The van der Waals surface area contributed by atoms with Gasteiger partial charge in [-0.25, -0.2) is 4.98 Å². The highest BCUT2D eigenvalue weighted by Crippen LogP contribution is 2.26. The van der Waals surface area contributed by atoms with E-state index >= 15 is 0 Å². The Labute approximate surface area is 95.2 Å². The molecule has 0 bridgehead atoms. The lowest BCUT2D eigenvalue weighted by molar-refractivity contribution is -0.384. The molecular formula is C10H8N2O3S. The number of benzene rings is 1. The number of hydrogen-bond acceptors (Lipinski definition) is 5. The average Bonchev–Trinajstić information content (AvgIpc) is 2.77. The first kappa shape index (κ1) is 10.7. The first-order chi connectivity index (χ1) is 7.70. The van der Waals surface area contributed by atoms with Crippen molar-refractivity contribution in [2.75, 3.05) is 0 Å². The molecule has 0 atom stereocenters. The van der Waals surface area contributed by atoms with Crippen LogP contribution in [0.3, 0.4) is 0 Å². The Kier molecular flexibility index (Phi) is 2.93. The maximum absolute atomic E-state index is 10.5. The minimum atomic E-state index is -0.440. The Morgan fingerprint density at radius 2 is 2.06 bits per heavy atom. The van der Waals surface area contributed by atoms with Crippen molar-refractivity contribution in [3.63, 3.8) is 0 Å². The zero-order chi connectivity index (χ0) is 11.5. The molecule has 1 aromatic carbocycles. The number of nitro benzene ring substituents is 1. The Bertz CT molecular complexity index is 507. The van der Waals surface area contributed by atoms with E-state index in [-0.39, 0.29) is 12.3 Å². The molecular weight excluding hydrogens is 228 g/mol. The van der Waals surface area contributed by atoms with Crippen LogP contribution in [0.15, 0.2) is 30.5 Å². The molecule has 0 saturated carbocycles. The van der Waals surface area contributed by atoms with Crippen molar-refractivity contribution in [1.82, 2.24) is 4.98 Å². The normalized spacial score (nSPS) is 10.3. The molecule has 6 heteroatoms. The van der Waals surface area contributed by atoms with Crippen LogP contribution < -0.4 is 0 Å². The van der Waals surface area contributed by atoms with Crippen molar-refractivity contribution in [1.29, 1.82) is 0 Å². The van der Waals surface area contributed by atoms with Crippen molar-refractivity contribution in [3.8, 4) is 10.6 Å². The van der Waals surface area contributed by atoms with Crippen molar-refractivity contribution < 1.29 is 10.0 Å². The monoisotopic (exact) mass is 236 g/mol. The Balaban J connectivity index is 2.30. The number of nitro groups is 1. The van der Waals surface area contributed by atoms with Crippen LogP contribution in [0.4, 0.5) is 5.69 Å². The summed E-state index contributed by atoms with van der Waals surface area (Å²) in [6.07, 6.45) is 1.60. The van der Waals surface area contributed by atoms with Gasteiger partial charge in [0, 0.05) is 23.9 Å². The van der Waals surface area contributed by atoms with Crippen LogP contribution in [0.2, 0.25) is 0 Å². The molecule has 2 aromatic rings. The summed E-state index contributed by atoms with van der Waals surface area (Å²) in [4.78, 5) is 14.9. The summed E-state index contributed by atoms with van der Waals surface area (Å²) in [5.41, 5.74) is 0.873. The number of rotatable bonds is 3. The third-order valence-corrected chi connectivity index (χ3v) is 3.07. The topological polar surface area (TPSA) is 76.3 Å². The highest BCUT2D eigenvalue weighted by Gasteiger charge is 2.07. The Hall–Kier alpha value is -1.79. The molecule has 0 aliphatic heterocycles. The molecule has 1 heterocycles. The first-order valence-electron chi connectivity index (χ1n) is 4.51. The summed E-state index contributed by atoms with van der Waals surface area (Å²) in [7, 11) is 0. The molecule has 0 radical (unpaired) electrons. The van der Waals surface area contributed by atoms with Crippen LogP contribution in [0, 0.1) is 10.1 Å². The van der Waals surface area contributed by atoms with Gasteiger partial charge in [-0.3, -0.25) is 10.1 Å². The molecule has 2 rings (SSSR count). The summed E-state index contributed by atoms with van der Waals surface area (Å²) in [5, 5.41) is 20.1. The van der Waals surface area contributed by atoms with Gasteiger partial charge in [0.15, 0.2) is 0 Å². The number of nitrogens with zero attached hydrogens (tertiary/aromatic N) is 2. The number of non-ortho nitro benzene ring substituents is 1. The first-order valence-corrected chi connectivity index (χ1v) is 5.33. The number of thiazole rings is 1. The standard InChI is InChI=1S/C10H8N2O3S/c13-6-9-5-11-10(16-9)7-1-3-8(4-2-7)12(14)15/h1-5,13H,6H2. The van der Waals surface area contributed by atoms with Crippen LogP contribution in [0.1, 0.15) is 4.88 Å². The molecule has 1 N–H and O–H groups in total. The van der Waals surface area contributed by atoms with Gasteiger partial charge in [-0.05, 0) is 12.1 Å². The predicted octanol–water partition coefficient (Wildman–Crippen LogP) is 2.21. The number of aliphatic hydroxyl groups excluding tert-OH is 1. The molecule has 0 saturated heterocycles. The Morgan fingerprint density at radius 1 is 1.38 bits per heavy atom. The van der Waals surface area contributed by atoms with Crippen molar-refractivity contribution >= 4 is 17.0 Å². The average molecular weight is 236 g/mol. The molecule has 0 spiro atoms. The van der Waals surface area contributed by atoms with E-state index in [9.17, 15) is 10.1 Å². The van der Waals surface area contributed by atoms with E-state index < -0.39 is 4.92 Å². The molecule has 0 amide bonds. The van der Waals surface area contributed by atoms with Gasteiger partial charge in [0.1, 0.15) is 5.01 Å². The molecule has 0 aliphatic rings. The predicted molar refractivity (Wildman–Crippen MR) is 60.1 cm³/mol. The van der Waals surface area contributed by atoms with Gasteiger partial charge in [0.2, 0.25) is 0 Å². The van der Waals surface area contributed by atoms with Gasteiger partial charge in [-0.15, -0.1) is 11.3 Å². The van der Waals surface area contributed by atoms with Gasteiger partial charge in [0.05, 0.1) is 16.4 Å². The van der Waals surface area contributed by atoms with Gasteiger partial charge in [-0.2, -0.15) is 0 Å². The minimum absolute atomic E-state index is 0.0371. The number of hydrogen-bond donors (Lipinski definition) is 1. The van der Waals surface area contributed by atoms with E-state index in [1.807, 2.05) is 0 Å². The lowest BCUT2D eigenvalue weighted by atomic mass is 10.2. The summed E-state index contributed by atoms with van der Waals surface area (Å²) in [6.45, 7) is -0.0371. The fourth-order valence-electron chi connectivity index (χ4n) is 1.24. The lowest BCUT2D eigenvalue weighted by Crippen LogP contribution is -1.86. The van der Waals surface area contributed by atoms with E-state index in [2.05, 4.69) is 4.98 Å². The van der Waals surface area contributed by atoms with Crippen molar-refractivity contribution in [3.05, 3.63) is 45.5 Å². The second-order valence-electron chi connectivity index (χ2n) is 3.09. The van der Waals surface area contributed by atoms with E-state index in [1.165, 1.54) is 23.5 Å². The zero-order valence-electron chi connectivity index (χ0n) is 8.16. The molecule has 0 aliphatic carbocycles. The summed E-state index contributed by atoms with van der Waals surface area (Å²) >= 11 is 1.37. The summed E-state index contributed by atoms with van der Waals surface area (Å²) in [6, 6.07) is 6.18. The fourth-order valence-corrected chi connectivity index (χ4v) is 2.02. The van der Waals surface area contributed by atoms with Gasteiger partial charge in [0.25, 0.3) is 5.69 Å². The van der Waals surface area contributed by atoms with E-state index in [1.54, 1.807) is 18.3 Å². The van der Waals surface area contributed by atoms with Crippen molar-refractivity contribution in [2.45, 2.75) is 6.61 Å². The van der Waals surface area contributed by atoms with E-state index in [4.69, 9.17) is 5.11 Å². The van der Waals surface area contributed by atoms with Crippen LogP contribution in [0.5, 0.6) is 0 Å². The quantitative estimate of drug-likeness (QED) is 0.654. The molecule has 0 fully saturated rings. The van der Waals surface area contributed by atoms with Crippen LogP contribution in [-0.2, 0) is 6.61 Å².